The Hall–Kier alpha value is -3.76. The number of Topliss-reactive ketones (excluding diaryl/α,β-unsaturated/α-hetero) is 1. The first-order valence-electron chi connectivity index (χ1n) is 11.5. The zero-order valence-corrected chi connectivity index (χ0v) is 20.6. The Morgan fingerprint density at radius 2 is 1.97 bits per heavy atom. The van der Waals surface area contributed by atoms with E-state index in [1.165, 1.54) is 23.2 Å². The summed E-state index contributed by atoms with van der Waals surface area (Å²) in [5.41, 5.74) is 7.60. The average Bonchev–Trinajstić information content (AvgIpc) is 3.42. The second kappa shape index (κ2) is 11.3. The van der Waals surface area contributed by atoms with Crippen LogP contribution in [0.1, 0.15) is 28.8 Å². The van der Waals surface area contributed by atoms with E-state index in [9.17, 15) is 14.0 Å². The highest BCUT2D eigenvalue weighted by atomic mass is 35.5. The Balaban J connectivity index is 1.56. The summed E-state index contributed by atoms with van der Waals surface area (Å²) in [6.07, 6.45) is 3.37. The minimum atomic E-state index is -0.357. The summed E-state index contributed by atoms with van der Waals surface area (Å²) in [6, 6.07) is 11.2. The number of nitrogens with two attached hydrogens (primary N) is 1. The van der Waals surface area contributed by atoms with Gasteiger partial charge in [-0.05, 0) is 48.7 Å². The summed E-state index contributed by atoms with van der Waals surface area (Å²) in [6.45, 7) is 1.49. The number of benzene rings is 2. The van der Waals surface area contributed by atoms with Crippen LogP contribution in [0.25, 0.3) is 0 Å². The summed E-state index contributed by atoms with van der Waals surface area (Å²) in [5, 5.41) is 6.59. The molecule has 188 valence electrons. The predicted molar refractivity (Wildman–Crippen MR) is 138 cm³/mol. The van der Waals surface area contributed by atoms with E-state index in [0.29, 0.717) is 22.0 Å². The first-order chi connectivity index (χ1) is 17.4. The SMILES string of the molecule is CN(C(=O)N1CCCC1)c1cc(Nc2ncc(C(=O)CN)c(NCc3cccc(F)c3)n2)ccc1Cl. The van der Waals surface area contributed by atoms with Crippen molar-refractivity contribution in [1.82, 2.24) is 14.9 Å². The molecule has 1 aliphatic heterocycles. The van der Waals surface area contributed by atoms with E-state index in [0.717, 1.165) is 25.9 Å². The highest BCUT2D eigenvalue weighted by molar-refractivity contribution is 6.34. The summed E-state index contributed by atoms with van der Waals surface area (Å²) in [7, 11) is 1.68. The molecule has 36 heavy (non-hydrogen) atoms. The number of ketones is 1. The molecule has 1 saturated heterocycles. The Bertz CT molecular complexity index is 1270. The largest absolute Gasteiger partial charge is 0.365 e. The highest BCUT2D eigenvalue weighted by Crippen LogP contribution is 2.31. The lowest BCUT2D eigenvalue weighted by Crippen LogP contribution is -2.39. The number of urea groups is 1. The van der Waals surface area contributed by atoms with Crippen molar-refractivity contribution in [2.45, 2.75) is 19.4 Å². The molecule has 0 saturated carbocycles. The second-order valence-corrected chi connectivity index (χ2v) is 8.80. The third kappa shape index (κ3) is 5.89. The summed E-state index contributed by atoms with van der Waals surface area (Å²) >= 11 is 6.39. The van der Waals surface area contributed by atoms with Crippen molar-refractivity contribution in [2.24, 2.45) is 5.73 Å². The number of halogens is 2. The van der Waals surface area contributed by atoms with Gasteiger partial charge in [0.1, 0.15) is 11.6 Å². The lowest BCUT2D eigenvalue weighted by molar-refractivity contribution is 0.100. The predicted octanol–water partition coefficient (Wildman–Crippen LogP) is 4.42. The van der Waals surface area contributed by atoms with Crippen LogP contribution in [0.15, 0.2) is 48.7 Å². The molecule has 0 bridgehead atoms. The average molecular weight is 512 g/mol. The van der Waals surface area contributed by atoms with Crippen molar-refractivity contribution < 1.29 is 14.0 Å². The van der Waals surface area contributed by atoms with Gasteiger partial charge in [-0.1, -0.05) is 23.7 Å². The van der Waals surface area contributed by atoms with E-state index in [2.05, 4.69) is 20.6 Å². The molecule has 2 heterocycles. The highest BCUT2D eigenvalue weighted by Gasteiger charge is 2.24. The van der Waals surface area contributed by atoms with E-state index in [4.69, 9.17) is 17.3 Å². The molecule has 0 aliphatic carbocycles. The van der Waals surface area contributed by atoms with Crippen LogP contribution in [0.4, 0.5) is 32.3 Å². The second-order valence-electron chi connectivity index (χ2n) is 8.39. The lowest BCUT2D eigenvalue weighted by Gasteiger charge is -2.25. The van der Waals surface area contributed by atoms with Crippen LogP contribution in [0.2, 0.25) is 5.02 Å². The topological polar surface area (TPSA) is 116 Å². The molecule has 2 amide bonds. The fourth-order valence-electron chi connectivity index (χ4n) is 3.92. The Kier molecular flexibility index (Phi) is 7.97. The molecule has 1 aliphatic rings. The lowest BCUT2D eigenvalue weighted by atomic mass is 10.2. The van der Waals surface area contributed by atoms with Gasteiger partial charge in [-0.2, -0.15) is 4.98 Å². The van der Waals surface area contributed by atoms with E-state index < -0.39 is 0 Å². The summed E-state index contributed by atoms with van der Waals surface area (Å²) in [5.74, 6) is -0.210. The van der Waals surface area contributed by atoms with Gasteiger partial charge in [0.25, 0.3) is 0 Å². The van der Waals surface area contributed by atoms with Crippen LogP contribution in [0.5, 0.6) is 0 Å². The molecule has 0 spiro atoms. The van der Waals surface area contributed by atoms with Crippen molar-refractivity contribution in [2.75, 3.05) is 42.2 Å². The first-order valence-corrected chi connectivity index (χ1v) is 11.9. The monoisotopic (exact) mass is 511 g/mol. The maximum atomic E-state index is 13.5. The van der Waals surface area contributed by atoms with Gasteiger partial charge >= 0.3 is 6.03 Å². The molecule has 9 nitrogen and oxygen atoms in total. The molecule has 4 rings (SSSR count). The van der Waals surface area contributed by atoms with Gasteiger partial charge < -0.3 is 21.3 Å². The number of likely N-dealkylation sites (tertiary alicyclic amines) is 1. The van der Waals surface area contributed by atoms with E-state index >= 15 is 0 Å². The summed E-state index contributed by atoms with van der Waals surface area (Å²) < 4.78 is 13.5. The Labute approximate surface area is 213 Å². The minimum absolute atomic E-state index is 0.115. The smallest absolute Gasteiger partial charge is 0.324 e. The molecule has 1 fully saturated rings. The molecule has 0 atom stereocenters. The molecule has 2 aromatic carbocycles. The number of nitrogens with zero attached hydrogens (tertiary/aromatic N) is 4. The number of nitrogens with one attached hydrogen (secondary N) is 2. The number of anilines is 4. The van der Waals surface area contributed by atoms with Crippen LogP contribution < -0.4 is 21.3 Å². The van der Waals surface area contributed by atoms with Gasteiger partial charge in [-0.25, -0.2) is 14.2 Å². The number of amides is 2. The van der Waals surface area contributed by atoms with E-state index in [-0.39, 0.29) is 48.1 Å². The van der Waals surface area contributed by atoms with E-state index in [1.54, 1.807) is 42.3 Å². The molecule has 4 N–H and O–H groups in total. The molecule has 0 unspecified atom stereocenters. The van der Waals surface area contributed by atoms with Crippen LogP contribution in [-0.4, -0.2) is 53.4 Å². The van der Waals surface area contributed by atoms with Gasteiger partial charge in [0.05, 0.1) is 22.8 Å². The van der Waals surface area contributed by atoms with Crippen LogP contribution in [0.3, 0.4) is 0 Å². The standard InChI is InChI=1S/C25H27ClFN7O2/c1-33(25(36)34-9-2-3-10-34)21-12-18(7-8-20(21)26)31-24-30-15-19(22(35)13-28)23(32-24)29-14-16-5-4-6-17(27)11-16/h4-8,11-12,15H,2-3,9-10,13-14,28H2,1H3,(H2,29,30,31,32). The number of rotatable bonds is 8. The molecule has 0 radical (unpaired) electrons. The van der Waals surface area contributed by atoms with Gasteiger partial charge in [-0.15, -0.1) is 0 Å². The summed E-state index contributed by atoms with van der Waals surface area (Å²) in [4.78, 5) is 37.2. The molecular weight excluding hydrogens is 485 g/mol. The van der Waals surface area contributed by atoms with Crippen molar-refractivity contribution in [3.63, 3.8) is 0 Å². The van der Waals surface area contributed by atoms with Gasteiger partial charge in [0, 0.05) is 38.6 Å². The first kappa shape index (κ1) is 25.3. The number of hydrogen-bond acceptors (Lipinski definition) is 7. The zero-order chi connectivity index (χ0) is 25.7. The van der Waals surface area contributed by atoms with Crippen molar-refractivity contribution in [3.8, 4) is 0 Å². The molecule has 1 aromatic heterocycles. The quantitative estimate of drug-likeness (QED) is 0.383. The van der Waals surface area contributed by atoms with Crippen LogP contribution in [0, 0.1) is 5.82 Å². The third-order valence-electron chi connectivity index (χ3n) is 5.85. The molecule has 11 heteroatoms. The number of hydrogen-bond donors (Lipinski definition) is 3. The fraction of sp³-hybridized carbons (Fsp3) is 0.280. The minimum Gasteiger partial charge on any atom is -0.365 e. The third-order valence-corrected chi connectivity index (χ3v) is 6.17. The van der Waals surface area contributed by atoms with Crippen LogP contribution in [-0.2, 0) is 6.54 Å². The fourth-order valence-corrected chi connectivity index (χ4v) is 4.17. The van der Waals surface area contributed by atoms with E-state index in [1.807, 2.05) is 0 Å². The van der Waals surface area contributed by atoms with Crippen molar-refractivity contribution in [1.29, 1.82) is 0 Å². The van der Waals surface area contributed by atoms with Crippen molar-refractivity contribution in [3.05, 3.63) is 70.6 Å². The maximum Gasteiger partial charge on any atom is 0.324 e. The number of aromatic nitrogens is 2. The van der Waals surface area contributed by atoms with Gasteiger partial charge in [0.2, 0.25) is 5.95 Å². The molecule has 3 aromatic rings. The van der Waals surface area contributed by atoms with Crippen LogP contribution >= 0.6 is 11.6 Å². The van der Waals surface area contributed by atoms with Crippen molar-refractivity contribution >= 4 is 46.6 Å². The Morgan fingerprint density at radius 3 is 2.69 bits per heavy atom. The zero-order valence-electron chi connectivity index (χ0n) is 19.8. The Morgan fingerprint density at radius 1 is 1.19 bits per heavy atom. The van der Waals surface area contributed by atoms with Gasteiger partial charge in [-0.3, -0.25) is 9.69 Å². The number of carbonyl (C=O) groups is 2. The van der Waals surface area contributed by atoms with Gasteiger partial charge in [0.15, 0.2) is 5.78 Å². The normalized spacial score (nSPS) is 12.9. The maximum absolute atomic E-state index is 13.5. The molecular formula is C25H27ClFN7O2. The number of carbonyl (C=O) groups excluding carboxylic acids is 2.